The highest BCUT2D eigenvalue weighted by Crippen LogP contribution is 2.36. The Balaban J connectivity index is 1.28. The Morgan fingerprint density at radius 1 is 0.925 bits per heavy atom. The van der Waals surface area contributed by atoms with E-state index in [9.17, 15) is 14.4 Å². The van der Waals surface area contributed by atoms with Crippen LogP contribution in [0.4, 0.5) is 10.5 Å². The van der Waals surface area contributed by atoms with Gasteiger partial charge in [0.1, 0.15) is 0 Å². The lowest BCUT2D eigenvalue weighted by molar-refractivity contribution is -0.123. The summed E-state index contributed by atoms with van der Waals surface area (Å²) in [6, 6.07) is 26.4. The van der Waals surface area contributed by atoms with E-state index in [-0.39, 0.29) is 30.2 Å². The molecule has 4 aromatic carbocycles. The first-order chi connectivity index (χ1) is 19.4. The maximum absolute atomic E-state index is 13.2. The van der Waals surface area contributed by atoms with Gasteiger partial charge in [-0.15, -0.1) is 0 Å². The van der Waals surface area contributed by atoms with Crippen molar-refractivity contribution >= 4 is 51.4 Å². The normalized spacial score (nSPS) is 14.2. The lowest BCUT2D eigenvalue weighted by Crippen LogP contribution is -2.27. The van der Waals surface area contributed by atoms with Gasteiger partial charge < -0.3 is 14.8 Å². The number of carbonyl (C=O) groups excluding carboxylic acids is 3. The third-order valence-electron chi connectivity index (χ3n) is 6.34. The first-order valence-corrected chi connectivity index (χ1v) is 13.7. The van der Waals surface area contributed by atoms with Crippen LogP contribution in [-0.4, -0.2) is 35.2 Å². The van der Waals surface area contributed by atoms with E-state index >= 15 is 0 Å². The van der Waals surface area contributed by atoms with Crippen molar-refractivity contribution in [2.75, 3.05) is 18.5 Å². The molecule has 202 valence electrons. The number of rotatable bonds is 9. The van der Waals surface area contributed by atoms with Crippen LogP contribution >= 0.6 is 11.8 Å². The Morgan fingerprint density at radius 2 is 1.70 bits per heavy atom. The molecule has 5 rings (SSSR count). The third-order valence-corrected chi connectivity index (χ3v) is 7.25. The number of nitrogens with zero attached hydrogens (tertiary/aromatic N) is 1. The van der Waals surface area contributed by atoms with E-state index in [4.69, 9.17) is 9.47 Å². The summed E-state index contributed by atoms with van der Waals surface area (Å²) in [4.78, 5) is 40.0. The second-order valence-corrected chi connectivity index (χ2v) is 10.2. The number of benzene rings is 4. The van der Waals surface area contributed by atoms with Crippen LogP contribution in [-0.2, 0) is 16.1 Å². The molecule has 3 amide bonds. The third kappa shape index (κ3) is 6.18. The van der Waals surface area contributed by atoms with E-state index < -0.39 is 0 Å². The Bertz CT molecular complexity index is 1610. The first-order valence-electron chi connectivity index (χ1n) is 12.9. The predicted molar refractivity (Wildman–Crippen MR) is 158 cm³/mol. The van der Waals surface area contributed by atoms with E-state index in [1.54, 1.807) is 24.3 Å². The molecule has 1 fully saturated rings. The minimum atomic E-state index is -0.339. The lowest BCUT2D eigenvalue weighted by Gasteiger charge is -2.14. The monoisotopic (exact) mass is 552 g/mol. The van der Waals surface area contributed by atoms with E-state index in [1.807, 2.05) is 80.6 Å². The quantitative estimate of drug-likeness (QED) is 0.230. The molecule has 4 aromatic rings. The molecule has 0 saturated carbocycles. The van der Waals surface area contributed by atoms with Crippen LogP contribution in [0, 0.1) is 6.92 Å². The number of carbonyl (C=O) groups is 3. The Kier molecular flexibility index (Phi) is 8.17. The van der Waals surface area contributed by atoms with Crippen LogP contribution in [0.15, 0.2) is 89.8 Å². The molecular formula is C32H28N2O5S. The first kappa shape index (κ1) is 27.0. The van der Waals surface area contributed by atoms with Gasteiger partial charge in [-0.05, 0) is 77.9 Å². The number of hydrogen-bond acceptors (Lipinski definition) is 6. The minimum Gasteiger partial charge on any atom is -0.490 e. The number of anilines is 1. The Labute approximate surface area is 236 Å². The SMILES string of the molecule is CCOc1cc(/C=C2\SC(=O)N(Cc3cccc4ccccc34)C2=O)ccc1OCC(=O)Nc1ccc(C)cc1. The van der Waals surface area contributed by atoms with E-state index in [0.29, 0.717) is 34.3 Å². The molecule has 0 aromatic heterocycles. The molecule has 7 nitrogen and oxygen atoms in total. The summed E-state index contributed by atoms with van der Waals surface area (Å²) < 4.78 is 11.5. The number of ether oxygens (including phenoxy) is 2. The Morgan fingerprint density at radius 3 is 2.50 bits per heavy atom. The lowest BCUT2D eigenvalue weighted by atomic mass is 10.0. The highest BCUT2D eigenvalue weighted by molar-refractivity contribution is 8.18. The number of nitrogens with one attached hydrogen (secondary N) is 1. The molecule has 0 radical (unpaired) electrons. The van der Waals surface area contributed by atoms with Gasteiger partial charge >= 0.3 is 0 Å². The van der Waals surface area contributed by atoms with Crippen molar-refractivity contribution in [2.45, 2.75) is 20.4 Å². The zero-order chi connectivity index (χ0) is 28.1. The maximum atomic E-state index is 13.2. The second kappa shape index (κ2) is 12.1. The van der Waals surface area contributed by atoms with Crippen LogP contribution in [0.1, 0.15) is 23.6 Å². The molecule has 0 spiro atoms. The smallest absolute Gasteiger partial charge is 0.293 e. The molecule has 8 heteroatoms. The van der Waals surface area contributed by atoms with Crippen LogP contribution in [0.5, 0.6) is 11.5 Å². The molecule has 1 heterocycles. The van der Waals surface area contributed by atoms with Gasteiger partial charge in [0.2, 0.25) is 0 Å². The van der Waals surface area contributed by atoms with E-state index in [1.165, 1.54) is 4.90 Å². The van der Waals surface area contributed by atoms with Crippen LogP contribution in [0.25, 0.3) is 16.8 Å². The highest BCUT2D eigenvalue weighted by Gasteiger charge is 2.35. The molecule has 1 aliphatic rings. The topological polar surface area (TPSA) is 84.9 Å². The van der Waals surface area contributed by atoms with Gasteiger partial charge in [0.05, 0.1) is 18.1 Å². The van der Waals surface area contributed by atoms with Crippen molar-refractivity contribution < 1.29 is 23.9 Å². The number of hydrogen-bond donors (Lipinski definition) is 1. The van der Waals surface area contributed by atoms with Crippen LogP contribution < -0.4 is 14.8 Å². The highest BCUT2D eigenvalue weighted by atomic mass is 32.2. The number of imide groups is 1. The fraction of sp³-hybridized carbons (Fsp3) is 0.156. The average Bonchev–Trinajstić information content (AvgIpc) is 3.21. The molecule has 0 unspecified atom stereocenters. The van der Waals surface area contributed by atoms with Gasteiger partial charge in [0.25, 0.3) is 17.1 Å². The van der Waals surface area contributed by atoms with Gasteiger partial charge in [-0.25, -0.2) is 0 Å². The number of amides is 3. The van der Waals surface area contributed by atoms with Gasteiger partial charge in [-0.2, -0.15) is 0 Å². The van der Waals surface area contributed by atoms with Gasteiger partial charge in [-0.3, -0.25) is 19.3 Å². The standard InChI is InChI=1S/C32H28N2O5S/c1-3-38-28-17-22(13-16-27(28)39-20-30(35)33-25-14-11-21(2)12-15-25)18-29-31(36)34(32(37)40-29)19-24-9-6-8-23-7-4-5-10-26(23)24/h4-18H,3,19-20H2,1-2H3,(H,33,35)/b29-18-. The molecular weight excluding hydrogens is 524 g/mol. The average molecular weight is 553 g/mol. The zero-order valence-electron chi connectivity index (χ0n) is 22.2. The number of thioether (sulfide) groups is 1. The van der Waals surface area contributed by atoms with Gasteiger partial charge in [0, 0.05) is 5.69 Å². The molecule has 0 aliphatic carbocycles. The molecule has 0 bridgehead atoms. The molecule has 1 saturated heterocycles. The molecule has 40 heavy (non-hydrogen) atoms. The Hall–Kier alpha value is -4.56. The fourth-order valence-electron chi connectivity index (χ4n) is 4.37. The predicted octanol–water partition coefficient (Wildman–Crippen LogP) is 6.80. The van der Waals surface area contributed by atoms with Crippen molar-refractivity contribution in [3.05, 3.63) is 107 Å². The van der Waals surface area contributed by atoms with Crippen molar-refractivity contribution in [1.82, 2.24) is 4.90 Å². The zero-order valence-corrected chi connectivity index (χ0v) is 23.0. The molecule has 1 N–H and O–H groups in total. The summed E-state index contributed by atoms with van der Waals surface area (Å²) in [5.74, 6) is 0.209. The van der Waals surface area contributed by atoms with Crippen molar-refractivity contribution in [3.8, 4) is 11.5 Å². The fourth-order valence-corrected chi connectivity index (χ4v) is 5.21. The van der Waals surface area contributed by atoms with Crippen LogP contribution in [0.3, 0.4) is 0 Å². The van der Waals surface area contributed by atoms with Gasteiger partial charge in [-0.1, -0.05) is 66.2 Å². The molecule has 1 aliphatic heterocycles. The summed E-state index contributed by atoms with van der Waals surface area (Å²) in [5.41, 5.74) is 3.38. The summed E-state index contributed by atoms with van der Waals surface area (Å²) in [7, 11) is 0. The van der Waals surface area contributed by atoms with Crippen molar-refractivity contribution in [1.29, 1.82) is 0 Å². The number of aryl methyl sites for hydroxylation is 1. The van der Waals surface area contributed by atoms with Crippen molar-refractivity contribution in [2.24, 2.45) is 0 Å². The summed E-state index contributed by atoms with van der Waals surface area (Å²) in [6.45, 7) is 4.21. The molecule has 0 atom stereocenters. The maximum Gasteiger partial charge on any atom is 0.293 e. The number of fused-ring (bicyclic) bond motifs is 1. The summed E-state index contributed by atoms with van der Waals surface area (Å²) in [6.07, 6.45) is 1.67. The van der Waals surface area contributed by atoms with E-state index in [0.717, 1.165) is 33.7 Å². The largest absolute Gasteiger partial charge is 0.490 e. The van der Waals surface area contributed by atoms with Crippen LogP contribution in [0.2, 0.25) is 0 Å². The van der Waals surface area contributed by atoms with Crippen molar-refractivity contribution in [3.63, 3.8) is 0 Å². The second-order valence-electron chi connectivity index (χ2n) is 9.25. The summed E-state index contributed by atoms with van der Waals surface area (Å²) >= 11 is 0.914. The minimum absolute atomic E-state index is 0.194. The van der Waals surface area contributed by atoms with Gasteiger partial charge in [0.15, 0.2) is 18.1 Å². The van der Waals surface area contributed by atoms with E-state index in [2.05, 4.69) is 5.32 Å². The summed E-state index contributed by atoms with van der Waals surface area (Å²) in [5, 5.41) is 4.56.